The number of aromatic nitrogens is 8. The van der Waals surface area contributed by atoms with Crippen LogP contribution in [0, 0.1) is 4.64 Å². The average Bonchev–Trinajstić information content (AvgIpc) is 3.54. The predicted molar refractivity (Wildman–Crippen MR) is 184 cm³/mol. The van der Waals surface area contributed by atoms with Gasteiger partial charge < -0.3 is 19.4 Å². The van der Waals surface area contributed by atoms with Crippen LogP contribution in [0.25, 0.3) is 44.8 Å². The van der Waals surface area contributed by atoms with Crippen LogP contribution in [0.15, 0.2) is 53.3 Å². The van der Waals surface area contributed by atoms with Crippen LogP contribution in [0.3, 0.4) is 0 Å². The second-order valence-corrected chi connectivity index (χ2v) is 11.1. The lowest BCUT2D eigenvalue weighted by Crippen LogP contribution is -2.12. The van der Waals surface area contributed by atoms with E-state index < -0.39 is 0 Å². The monoisotopic (exact) mass is 640 g/mol. The van der Waals surface area contributed by atoms with Crippen LogP contribution in [-0.2, 0) is 26.9 Å². The van der Waals surface area contributed by atoms with Crippen LogP contribution >= 0.6 is 12.2 Å². The highest BCUT2D eigenvalue weighted by Gasteiger charge is 2.17. The summed E-state index contributed by atoms with van der Waals surface area (Å²) < 4.78 is 15.3. The molecule has 2 N–H and O–H groups in total. The van der Waals surface area contributed by atoms with Crippen LogP contribution in [-0.4, -0.2) is 52.7 Å². The highest BCUT2D eigenvalue weighted by molar-refractivity contribution is 7.71. The lowest BCUT2D eigenvalue weighted by molar-refractivity contribution is 0.341. The number of hydrogen-bond donors (Lipinski definition) is 2. The van der Waals surface area contributed by atoms with Crippen molar-refractivity contribution in [2.45, 2.75) is 53.4 Å². The number of nitrogens with zero attached hydrogens (tertiary/aromatic N) is 6. The molecular formula is C34H40N8O3S. The Labute approximate surface area is 272 Å². The maximum absolute atomic E-state index is 12.5. The fraction of sp³-hybridized carbons (Fsp3) is 0.353. The molecule has 0 atom stereocenters. The van der Waals surface area contributed by atoms with E-state index in [0.717, 1.165) is 70.8 Å². The van der Waals surface area contributed by atoms with E-state index in [9.17, 15) is 4.79 Å². The van der Waals surface area contributed by atoms with Gasteiger partial charge in [-0.15, -0.1) is 0 Å². The Kier molecular flexibility index (Phi) is 10.3. The molecule has 240 valence electrons. The molecule has 0 aliphatic carbocycles. The van der Waals surface area contributed by atoms with Gasteiger partial charge in [-0.25, -0.2) is 9.97 Å². The van der Waals surface area contributed by atoms with E-state index in [0.29, 0.717) is 40.5 Å². The Hall–Kier alpha value is -4.84. The number of para-hydroxylation sites is 2. The molecule has 6 aromatic rings. The number of H-pyrrole nitrogens is 2. The van der Waals surface area contributed by atoms with Crippen molar-refractivity contribution in [1.82, 2.24) is 39.5 Å². The van der Waals surface area contributed by atoms with Crippen molar-refractivity contribution >= 4 is 34.3 Å². The van der Waals surface area contributed by atoms with Crippen molar-refractivity contribution < 1.29 is 9.47 Å². The molecule has 0 unspecified atom stereocenters. The fourth-order valence-electron chi connectivity index (χ4n) is 5.46. The zero-order valence-electron chi connectivity index (χ0n) is 27.2. The average molecular weight is 641 g/mol. The molecule has 12 heteroatoms. The summed E-state index contributed by atoms with van der Waals surface area (Å²) in [6.45, 7) is 9.28. The smallest absolute Gasteiger partial charge is 0.277 e. The topological polar surface area (TPSA) is 129 Å². The van der Waals surface area contributed by atoms with Gasteiger partial charge in [-0.3, -0.25) is 14.2 Å². The molecule has 46 heavy (non-hydrogen) atoms. The van der Waals surface area contributed by atoms with Gasteiger partial charge in [0.15, 0.2) is 10.2 Å². The number of aryl methyl sites for hydroxylation is 4. The van der Waals surface area contributed by atoms with Crippen molar-refractivity contribution in [3.05, 3.63) is 74.9 Å². The summed E-state index contributed by atoms with van der Waals surface area (Å²) in [5, 5.41) is 9.02. The Morgan fingerprint density at radius 1 is 0.717 bits per heavy atom. The van der Waals surface area contributed by atoms with Crippen LogP contribution in [0.1, 0.15) is 51.9 Å². The molecule has 0 saturated heterocycles. The lowest BCUT2D eigenvalue weighted by atomic mass is 10.1. The van der Waals surface area contributed by atoms with Gasteiger partial charge in [0, 0.05) is 14.1 Å². The second-order valence-electron chi connectivity index (χ2n) is 10.7. The van der Waals surface area contributed by atoms with E-state index in [2.05, 4.69) is 44.0 Å². The van der Waals surface area contributed by atoms with Crippen molar-refractivity contribution in [2.75, 3.05) is 13.2 Å². The molecule has 0 radical (unpaired) electrons. The number of ether oxygens (including phenoxy) is 2. The third kappa shape index (κ3) is 6.57. The first-order valence-corrected chi connectivity index (χ1v) is 16.1. The highest BCUT2D eigenvalue weighted by atomic mass is 32.1. The third-order valence-electron chi connectivity index (χ3n) is 7.40. The summed E-state index contributed by atoms with van der Waals surface area (Å²) in [5.41, 5.74) is 6.39. The SMILES string of the molecule is CCCc1nn(C)c2c(=O)[nH]c(-c3ccccc3OCC)nc12.CCCc1nn(C)c2c(=S)nc(-c3ccccc3OCC)[nH]c12. The van der Waals surface area contributed by atoms with Crippen LogP contribution < -0.4 is 15.0 Å². The van der Waals surface area contributed by atoms with Crippen LogP contribution in [0.4, 0.5) is 0 Å². The molecule has 0 fully saturated rings. The molecule has 2 aromatic carbocycles. The van der Waals surface area contributed by atoms with E-state index in [-0.39, 0.29) is 5.56 Å². The predicted octanol–water partition coefficient (Wildman–Crippen LogP) is 6.72. The number of nitrogens with one attached hydrogen (secondary N) is 2. The Morgan fingerprint density at radius 2 is 1.24 bits per heavy atom. The first-order chi connectivity index (χ1) is 22.3. The van der Waals surface area contributed by atoms with Gasteiger partial charge in [-0.05, 0) is 51.0 Å². The van der Waals surface area contributed by atoms with Gasteiger partial charge >= 0.3 is 0 Å². The minimum Gasteiger partial charge on any atom is -0.493 e. The molecular weight excluding hydrogens is 600 g/mol. The number of aromatic amines is 2. The maximum atomic E-state index is 12.5. The maximum Gasteiger partial charge on any atom is 0.277 e. The first kappa shape index (κ1) is 32.6. The molecule has 6 rings (SSSR count). The molecule has 4 heterocycles. The summed E-state index contributed by atoms with van der Waals surface area (Å²) in [5.74, 6) is 2.74. The standard InChI is InChI=1S/C17H20N4O2.C17H20N4OS/c1-4-8-12-14-15(21(3)20-12)17(22)19-16(18-14)11-9-6-7-10-13(11)23-5-2;1-4-8-12-14-15(21(3)20-12)17(23)19-16(18-14)11-9-6-7-10-13(11)22-5-2/h6-7,9-10H,4-5,8H2,1-3H3,(H,18,19,22);6-7,9-10H,4-5,8H2,1-3H3,(H,18,19,23). The summed E-state index contributed by atoms with van der Waals surface area (Å²) in [6.07, 6.45) is 3.67. The number of hydrogen-bond acceptors (Lipinski definition) is 8. The van der Waals surface area contributed by atoms with Crippen molar-refractivity contribution in [3.63, 3.8) is 0 Å². The molecule has 0 amide bonds. The van der Waals surface area contributed by atoms with Gasteiger partial charge in [0.05, 0.1) is 41.2 Å². The summed E-state index contributed by atoms with van der Waals surface area (Å²) in [4.78, 5) is 28.0. The van der Waals surface area contributed by atoms with Crippen molar-refractivity contribution in [1.29, 1.82) is 0 Å². The number of rotatable bonds is 10. The second kappa shape index (κ2) is 14.5. The van der Waals surface area contributed by atoms with Gasteiger partial charge in [-0.1, -0.05) is 63.2 Å². The number of benzene rings is 2. The van der Waals surface area contributed by atoms with Crippen molar-refractivity contribution in [2.24, 2.45) is 14.1 Å². The van der Waals surface area contributed by atoms with Gasteiger partial charge in [-0.2, -0.15) is 10.2 Å². The Bertz CT molecular complexity index is 1940. The Morgan fingerprint density at radius 3 is 1.83 bits per heavy atom. The minimum atomic E-state index is -0.186. The zero-order valence-corrected chi connectivity index (χ0v) is 28.0. The quantitative estimate of drug-likeness (QED) is 0.158. The lowest BCUT2D eigenvalue weighted by Gasteiger charge is -2.10. The molecule has 0 bridgehead atoms. The highest BCUT2D eigenvalue weighted by Crippen LogP contribution is 2.30. The largest absolute Gasteiger partial charge is 0.493 e. The molecule has 0 spiro atoms. The normalized spacial score (nSPS) is 11.1. The molecule has 4 aromatic heterocycles. The summed E-state index contributed by atoms with van der Waals surface area (Å²) >= 11 is 5.50. The molecule has 0 saturated carbocycles. The molecule has 0 aliphatic heterocycles. The molecule has 0 aliphatic rings. The zero-order chi connectivity index (χ0) is 32.8. The van der Waals surface area contributed by atoms with E-state index in [4.69, 9.17) is 21.7 Å². The van der Waals surface area contributed by atoms with Gasteiger partial charge in [0.25, 0.3) is 5.56 Å². The summed E-state index contributed by atoms with van der Waals surface area (Å²) in [6, 6.07) is 15.4. The first-order valence-electron chi connectivity index (χ1n) is 15.7. The van der Waals surface area contributed by atoms with Gasteiger partial charge in [0.2, 0.25) is 0 Å². The third-order valence-corrected chi connectivity index (χ3v) is 7.68. The van der Waals surface area contributed by atoms with Crippen molar-refractivity contribution in [3.8, 4) is 34.3 Å². The van der Waals surface area contributed by atoms with Crippen LogP contribution in [0.5, 0.6) is 11.5 Å². The van der Waals surface area contributed by atoms with Crippen LogP contribution in [0.2, 0.25) is 0 Å². The van der Waals surface area contributed by atoms with E-state index in [1.807, 2.05) is 74.1 Å². The minimum absolute atomic E-state index is 0.186. The van der Waals surface area contributed by atoms with E-state index in [1.165, 1.54) is 0 Å². The molecule has 11 nitrogen and oxygen atoms in total. The van der Waals surface area contributed by atoms with E-state index in [1.54, 1.807) is 11.7 Å². The van der Waals surface area contributed by atoms with Gasteiger partial charge in [0.1, 0.15) is 34.2 Å². The summed E-state index contributed by atoms with van der Waals surface area (Å²) in [7, 11) is 3.67. The Balaban J connectivity index is 0.000000181. The number of fused-ring (bicyclic) bond motifs is 2. The van der Waals surface area contributed by atoms with E-state index >= 15 is 0 Å². The fourth-order valence-corrected chi connectivity index (χ4v) is 5.79.